The number of rotatable bonds is 1. The summed E-state index contributed by atoms with van der Waals surface area (Å²) in [6.45, 7) is 15.1. The van der Waals surface area contributed by atoms with Crippen molar-refractivity contribution in [2.75, 3.05) is 13.1 Å². The summed E-state index contributed by atoms with van der Waals surface area (Å²) in [4.78, 5) is 0. The average Bonchev–Trinajstić information content (AvgIpc) is 2.25. The van der Waals surface area contributed by atoms with Crippen molar-refractivity contribution < 1.29 is 0 Å². The Bertz CT molecular complexity index is 321. The Morgan fingerprint density at radius 2 is 2.06 bits per heavy atom. The summed E-state index contributed by atoms with van der Waals surface area (Å²) >= 11 is 0. The monoisotopic (exact) mass is 220 g/mol. The van der Waals surface area contributed by atoms with E-state index in [0.717, 1.165) is 25.2 Å². The van der Waals surface area contributed by atoms with Crippen molar-refractivity contribution in [3.63, 3.8) is 0 Å². The summed E-state index contributed by atoms with van der Waals surface area (Å²) in [5.41, 5.74) is 2.97. The molecule has 0 saturated carbocycles. The maximum Gasteiger partial charge on any atom is 0.0232 e. The van der Waals surface area contributed by atoms with E-state index in [9.17, 15) is 0 Å². The number of hydrogen-bond donors (Lipinski definition) is 2. The molecule has 2 rings (SSSR count). The molecule has 2 N–H and O–H groups in total. The zero-order chi connectivity index (χ0) is 11.8. The van der Waals surface area contributed by atoms with E-state index in [1.807, 2.05) is 0 Å². The van der Waals surface area contributed by atoms with Crippen LogP contribution in [0.15, 0.2) is 24.6 Å². The van der Waals surface area contributed by atoms with Crippen molar-refractivity contribution in [1.29, 1.82) is 0 Å². The first kappa shape index (κ1) is 11.7. The van der Waals surface area contributed by atoms with E-state index in [1.165, 1.54) is 25.0 Å². The fraction of sp³-hybridized carbons (Fsp3) is 0.714. The fourth-order valence-electron chi connectivity index (χ4n) is 3.14. The zero-order valence-corrected chi connectivity index (χ0v) is 10.7. The lowest BCUT2D eigenvalue weighted by Crippen LogP contribution is -2.53. The molecule has 2 aliphatic heterocycles. The Morgan fingerprint density at radius 1 is 1.31 bits per heavy atom. The number of hydrogen-bond acceptors (Lipinski definition) is 2. The molecular formula is C14H24N2. The molecule has 2 aliphatic rings. The molecule has 0 aromatic rings. The van der Waals surface area contributed by atoms with Crippen molar-refractivity contribution in [3.8, 4) is 0 Å². The van der Waals surface area contributed by atoms with Gasteiger partial charge in [0.1, 0.15) is 0 Å². The molecule has 1 spiro atoms. The Labute approximate surface area is 99.2 Å². The minimum atomic E-state index is 0.254. The predicted octanol–water partition coefficient (Wildman–Crippen LogP) is 2.79. The first-order valence-electron chi connectivity index (χ1n) is 6.35. The standard InChI is InChI=1S/C14H24N2/c1-5-13(4)8-14(10-15-9-13)7-6-11(2)16-12(14)3/h15-16H,2-3,5-10H2,1,4H3. The zero-order valence-electron chi connectivity index (χ0n) is 10.7. The SMILES string of the molecule is C=C1CCC2(CNCC(C)(CC)C2)C(=C)N1. The van der Waals surface area contributed by atoms with E-state index in [4.69, 9.17) is 0 Å². The third-order valence-corrected chi connectivity index (χ3v) is 4.51. The highest BCUT2D eigenvalue weighted by Gasteiger charge is 2.44. The predicted molar refractivity (Wildman–Crippen MR) is 69.0 cm³/mol. The second kappa shape index (κ2) is 3.92. The molecule has 90 valence electrons. The highest BCUT2D eigenvalue weighted by molar-refractivity contribution is 5.22. The van der Waals surface area contributed by atoms with E-state index in [-0.39, 0.29) is 5.41 Å². The van der Waals surface area contributed by atoms with Crippen molar-refractivity contribution in [1.82, 2.24) is 10.6 Å². The molecule has 0 bridgehead atoms. The van der Waals surface area contributed by atoms with Gasteiger partial charge in [-0.15, -0.1) is 0 Å². The third kappa shape index (κ3) is 1.91. The van der Waals surface area contributed by atoms with Gasteiger partial charge in [0.15, 0.2) is 0 Å². The molecule has 0 amide bonds. The average molecular weight is 220 g/mol. The van der Waals surface area contributed by atoms with Crippen LogP contribution in [0.1, 0.15) is 39.5 Å². The van der Waals surface area contributed by atoms with Gasteiger partial charge in [-0.25, -0.2) is 0 Å². The molecule has 0 radical (unpaired) electrons. The third-order valence-electron chi connectivity index (χ3n) is 4.51. The van der Waals surface area contributed by atoms with Crippen LogP contribution in [-0.4, -0.2) is 13.1 Å². The van der Waals surface area contributed by atoms with Crippen LogP contribution in [0.5, 0.6) is 0 Å². The van der Waals surface area contributed by atoms with Crippen LogP contribution in [0.2, 0.25) is 0 Å². The molecule has 0 aromatic carbocycles. The second-order valence-corrected chi connectivity index (χ2v) is 5.93. The second-order valence-electron chi connectivity index (χ2n) is 5.93. The van der Waals surface area contributed by atoms with E-state index < -0.39 is 0 Å². The topological polar surface area (TPSA) is 24.1 Å². The smallest absolute Gasteiger partial charge is 0.0232 e. The van der Waals surface area contributed by atoms with Crippen molar-refractivity contribution in [3.05, 3.63) is 24.6 Å². The number of nitrogens with one attached hydrogen (secondary N) is 2. The normalized spacial score (nSPS) is 39.9. The summed E-state index contributed by atoms with van der Waals surface area (Å²) in [5.74, 6) is 0. The van der Waals surface area contributed by atoms with Gasteiger partial charge in [0.05, 0.1) is 0 Å². The van der Waals surface area contributed by atoms with E-state index in [0.29, 0.717) is 5.41 Å². The van der Waals surface area contributed by atoms with Gasteiger partial charge in [0.2, 0.25) is 0 Å². The molecule has 2 atom stereocenters. The Kier molecular flexibility index (Phi) is 2.87. The van der Waals surface area contributed by atoms with Gasteiger partial charge >= 0.3 is 0 Å². The first-order chi connectivity index (χ1) is 7.50. The van der Waals surface area contributed by atoms with Gasteiger partial charge in [-0.1, -0.05) is 27.0 Å². The molecule has 0 aliphatic carbocycles. The van der Waals surface area contributed by atoms with Crippen LogP contribution < -0.4 is 10.6 Å². The summed E-state index contributed by atoms with van der Waals surface area (Å²) < 4.78 is 0. The van der Waals surface area contributed by atoms with Crippen LogP contribution in [0.25, 0.3) is 0 Å². The molecule has 2 fully saturated rings. The summed E-state index contributed by atoms with van der Waals surface area (Å²) in [6.07, 6.45) is 4.76. The molecule has 16 heavy (non-hydrogen) atoms. The van der Waals surface area contributed by atoms with Crippen molar-refractivity contribution in [2.24, 2.45) is 10.8 Å². The van der Waals surface area contributed by atoms with E-state index >= 15 is 0 Å². The minimum Gasteiger partial charge on any atom is -0.363 e. The van der Waals surface area contributed by atoms with Crippen molar-refractivity contribution in [2.45, 2.75) is 39.5 Å². The first-order valence-corrected chi connectivity index (χ1v) is 6.35. The largest absolute Gasteiger partial charge is 0.363 e. The van der Waals surface area contributed by atoms with Crippen molar-refractivity contribution >= 4 is 0 Å². The highest BCUT2D eigenvalue weighted by Crippen LogP contribution is 2.47. The minimum absolute atomic E-state index is 0.254. The highest BCUT2D eigenvalue weighted by atomic mass is 15.0. The molecule has 0 aromatic heterocycles. The van der Waals surface area contributed by atoms with E-state index in [2.05, 4.69) is 37.6 Å². The van der Waals surface area contributed by atoms with Crippen LogP contribution in [0.3, 0.4) is 0 Å². The summed E-state index contributed by atoms with van der Waals surface area (Å²) in [5, 5.41) is 6.97. The summed E-state index contributed by atoms with van der Waals surface area (Å²) in [7, 11) is 0. The lowest BCUT2D eigenvalue weighted by Gasteiger charge is -2.50. The Hall–Kier alpha value is -0.760. The lowest BCUT2D eigenvalue weighted by molar-refractivity contribution is 0.0949. The van der Waals surface area contributed by atoms with E-state index in [1.54, 1.807) is 0 Å². The van der Waals surface area contributed by atoms with Gasteiger partial charge in [0.25, 0.3) is 0 Å². The number of piperidine rings is 2. The molecule has 2 heteroatoms. The van der Waals surface area contributed by atoms with Gasteiger partial charge in [-0.3, -0.25) is 0 Å². The van der Waals surface area contributed by atoms with Crippen LogP contribution in [0, 0.1) is 10.8 Å². The molecule has 2 heterocycles. The Balaban J connectivity index is 2.18. The fourth-order valence-corrected chi connectivity index (χ4v) is 3.14. The van der Waals surface area contributed by atoms with Gasteiger partial charge in [0, 0.05) is 29.9 Å². The maximum atomic E-state index is 4.23. The van der Waals surface area contributed by atoms with Crippen LogP contribution >= 0.6 is 0 Å². The molecular weight excluding hydrogens is 196 g/mol. The van der Waals surface area contributed by atoms with Crippen LogP contribution in [0.4, 0.5) is 0 Å². The summed E-state index contributed by atoms with van der Waals surface area (Å²) in [6, 6.07) is 0. The number of allylic oxidation sites excluding steroid dienone is 1. The molecule has 2 unspecified atom stereocenters. The quantitative estimate of drug-likeness (QED) is 0.710. The molecule has 2 nitrogen and oxygen atoms in total. The Morgan fingerprint density at radius 3 is 2.69 bits per heavy atom. The van der Waals surface area contributed by atoms with Crippen LogP contribution in [-0.2, 0) is 0 Å². The molecule has 2 saturated heterocycles. The van der Waals surface area contributed by atoms with Gasteiger partial charge in [-0.2, -0.15) is 0 Å². The lowest BCUT2D eigenvalue weighted by atomic mass is 9.63. The van der Waals surface area contributed by atoms with Gasteiger partial charge in [-0.05, 0) is 31.1 Å². The van der Waals surface area contributed by atoms with Gasteiger partial charge < -0.3 is 10.6 Å². The maximum absolute atomic E-state index is 4.23.